The number of hydrogen-bond acceptors (Lipinski definition) is 4. The van der Waals surface area contributed by atoms with E-state index in [1.54, 1.807) is 22.6 Å². The Morgan fingerprint density at radius 3 is 2.76 bits per heavy atom. The van der Waals surface area contributed by atoms with Crippen molar-refractivity contribution >= 4 is 10.0 Å². The fraction of sp³-hybridized carbons (Fsp3) is 0.667. The monoisotopic (exact) mass is 310 g/mol. The second-order valence-electron chi connectivity index (χ2n) is 6.46. The second-order valence-corrected chi connectivity index (χ2v) is 8.30. The summed E-state index contributed by atoms with van der Waals surface area (Å²) in [6, 6.07) is 2.92. The fourth-order valence-corrected chi connectivity index (χ4v) is 5.69. The summed E-state index contributed by atoms with van der Waals surface area (Å²) in [5, 5.41) is 10.6. The summed E-state index contributed by atoms with van der Waals surface area (Å²) in [6.07, 6.45) is 4.70. The first-order valence-electron chi connectivity index (χ1n) is 7.54. The van der Waals surface area contributed by atoms with Gasteiger partial charge in [-0.1, -0.05) is 13.8 Å². The van der Waals surface area contributed by atoms with Crippen LogP contribution in [0.25, 0.3) is 0 Å². The molecule has 5 nitrogen and oxygen atoms in total. The van der Waals surface area contributed by atoms with Crippen LogP contribution >= 0.6 is 0 Å². The molecule has 21 heavy (non-hydrogen) atoms. The molecular formula is C15H22N2O3S. The van der Waals surface area contributed by atoms with E-state index in [0.717, 1.165) is 19.3 Å². The first-order chi connectivity index (χ1) is 9.93. The summed E-state index contributed by atoms with van der Waals surface area (Å²) in [7, 11) is -3.57. The number of pyridine rings is 1. The summed E-state index contributed by atoms with van der Waals surface area (Å²) in [4.78, 5) is 4.13. The molecule has 0 aromatic carbocycles. The average Bonchev–Trinajstić information content (AvgIpc) is 2.82. The minimum Gasteiger partial charge on any atom is -0.391 e. The van der Waals surface area contributed by atoms with Crippen LogP contribution in [0.4, 0.5) is 0 Å². The van der Waals surface area contributed by atoms with Gasteiger partial charge in [0, 0.05) is 18.4 Å². The Bertz CT molecular complexity index is 603. The van der Waals surface area contributed by atoms with Crippen LogP contribution < -0.4 is 0 Å². The Morgan fingerprint density at radius 1 is 1.38 bits per heavy atom. The first kappa shape index (κ1) is 14.9. The van der Waals surface area contributed by atoms with Gasteiger partial charge in [-0.05, 0) is 43.2 Å². The maximum Gasteiger partial charge on any atom is 0.245 e. The molecule has 1 N–H and O–H groups in total. The molecule has 4 atom stereocenters. The van der Waals surface area contributed by atoms with Gasteiger partial charge in [0.1, 0.15) is 4.90 Å². The van der Waals surface area contributed by atoms with Crippen molar-refractivity contribution in [3.05, 3.63) is 24.5 Å². The van der Waals surface area contributed by atoms with Crippen molar-refractivity contribution < 1.29 is 13.5 Å². The highest BCUT2D eigenvalue weighted by Gasteiger charge is 2.52. The molecule has 1 aromatic rings. The van der Waals surface area contributed by atoms with Crippen molar-refractivity contribution in [3.63, 3.8) is 0 Å². The SMILES string of the molecule is CC(C)[C@@H]1C[C@H]2CC[C@@H]([C@H]1O)N2S(=O)(=O)c1cccnc1. The smallest absolute Gasteiger partial charge is 0.245 e. The van der Waals surface area contributed by atoms with E-state index in [1.165, 1.54) is 6.20 Å². The molecular weight excluding hydrogens is 288 g/mol. The van der Waals surface area contributed by atoms with Gasteiger partial charge >= 0.3 is 0 Å². The van der Waals surface area contributed by atoms with Crippen LogP contribution in [0.3, 0.4) is 0 Å². The van der Waals surface area contributed by atoms with Gasteiger partial charge in [0.25, 0.3) is 0 Å². The van der Waals surface area contributed by atoms with E-state index in [1.807, 2.05) is 0 Å². The van der Waals surface area contributed by atoms with Gasteiger partial charge in [0.05, 0.1) is 12.1 Å². The van der Waals surface area contributed by atoms with Crippen molar-refractivity contribution in [3.8, 4) is 0 Å². The molecule has 3 rings (SSSR count). The summed E-state index contributed by atoms with van der Waals surface area (Å²) < 4.78 is 27.2. The maximum absolute atomic E-state index is 12.8. The number of sulfonamides is 1. The summed E-state index contributed by atoms with van der Waals surface area (Å²) >= 11 is 0. The van der Waals surface area contributed by atoms with Crippen LogP contribution in [0.15, 0.2) is 29.4 Å². The zero-order valence-electron chi connectivity index (χ0n) is 12.4. The molecule has 2 saturated heterocycles. The minimum atomic E-state index is -3.57. The van der Waals surface area contributed by atoms with Crippen LogP contribution in [0.5, 0.6) is 0 Å². The lowest BCUT2D eigenvalue weighted by Gasteiger charge is -2.42. The molecule has 116 valence electrons. The number of rotatable bonds is 3. The van der Waals surface area contributed by atoms with Crippen LogP contribution in [-0.2, 0) is 10.0 Å². The molecule has 2 aliphatic heterocycles. The van der Waals surface area contributed by atoms with E-state index in [2.05, 4.69) is 18.8 Å². The molecule has 0 spiro atoms. The fourth-order valence-electron chi connectivity index (χ4n) is 3.83. The molecule has 0 radical (unpaired) electrons. The minimum absolute atomic E-state index is 0.0102. The van der Waals surface area contributed by atoms with E-state index >= 15 is 0 Å². The van der Waals surface area contributed by atoms with Crippen LogP contribution in [0.2, 0.25) is 0 Å². The highest BCUT2D eigenvalue weighted by molar-refractivity contribution is 7.89. The van der Waals surface area contributed by atoms with Gasteiger partial charge in [-0.25, -0.2) is 8.42 Å². The largest absolute Gasteiger partial charge is 0.391 e. The topological polar surface area (TPSA) is 70.5 Å². The van der Waals surface area contributed by atoms with E-state index in [9.17, 15) is 13.5 Å². The third-order valence-electron chi connectivity index (χ3n) is 4.93. The molecule has 0 unspecified atom stereocenters. The molecule has 0 saturated carbocycles. The molecule has 2 fully saturated rings. The summed E-state index contributed by atoms with van der Waals surface area (Å²) in [5.41, 5.74) is 0. The van der Waals surface area contributed by atoms with Gasteiger partial charge in [-0.2, -0.15) is 4.31 Å². The standard InChI is InChI=1S/C15H22N2O3S/c1-10(2)13-8-11-5-6-14(15(13)18)17(11)21(19,20)12-4-3-7-16-9-12/h3-4,7,9-11,13-15,18H,5-6,8H2,1-2H3/t11-,13+,14+,15+/m1/s1. The lowest BCUT2D eigenvalue weighted by molar-refractivity contribution is -0.0107. The number of fused-ring (bicyclic) bond motifs is 2. The molecule has 0 amide bonds. The zero-order valence-corrected chi connectivity index (χ0v) is 13.2. The van der Waals surface area contributed by atoms with Gasteiger partial charge in [0.15, 0.2) is 0 Å². The van der Waals surface area contributed by atoms with Crippen LogP contribution in [-0.4, -0.2) is 41.0 Å². The van der Waals surface area contributed by atoms with Crippen molar-refractivity contribution in [1.82, 2.24) is 9.29 Å². The molecule has 0 aliphatic carbocycles. The van der Waals surface area contributed by atoms with Crippen LogP contribution in [0, 0.1) is 11.8 Å². The predicted octanol–water partition coefficient (Wildman–Crippen LogP) is 1.64. The summed E-state index contributed by atoms with van der Waals surface area (Å²) in [6.45, 7) is 4.19. The van der Waals surface area contributed by atoms with Gasteiger partial charge < -0.3 is 5.11 Å². The van der Waals surface area contributed by atoms with E-state index in [-0.39, 0.29) is 22.9 Å². The van der Waals surface area contributed by atoms with E-state index in [0.29, 0.717) is 5.92 Å². The average molecular weight is 310 g/mol. The predicted molar refractivity (Wildman–Crippen MR) is 79.0 cm³/mol. The molecule has 1 aromatic heterocycles. The van der Waals surface area contributed by atoms with E-state index < -0.39 is 16.1 Å². The Labute approximate surface area is 126 Å². The van der Waals surface area contributed by atoms with Crippen molar-refractivity contribution in [2.45, 2.75) is 56.2 Å². The van der Waals surface area contributed by atoms with Crippen molar-refractivity contribution in [2.75, 3.05) is 0 Å². The maximum atomic E-state index is 12.8. The molecule has 2 bridgehead atoms. The number of aromatic nitrogens is 1. The Morgan fingerprint density at radius 2 is 2.14 bits per heavy atom. The number of piperidine rings is 1. The third-order valence-corrected chi connectivity index (χ3v) is 6.89. The molecule has 3 heterocycles. The van der Waals surface area contributed by atoms with Crippen LogP contribution in [0.1, 0.15) is 33.1 Å². The Hall–Kier alpha value is -0.980. The van der Waals surface area contributed by atoms with Crippen molar-refractivity contribution in [1.29, 1.82) is 0 Å². The van der Waals surface area contributed by atoms with Gasteiger partial charge in [-0.3, -0.25) is 4.98 Å². The number of hydrogen-bond donors (Lipinski definition) is 1. The Balaban J connectivity index is 1.95. The quantitative estimate of drug-likeness (QED) is 0.921. The Kier molecular flexibility index (Phi) is 3.80. The lowest BCUT2D eigenvalue weighted by atomic mass is 9.81. The highest BCUT2D eigenvalue weighted by Crippen LogP contribution is 2.44. The normalized spacial score (nSPS) is 33.5. The second kappa shape index (κ2) is 5.34. The number of aliphatic hydroxyl groups excluding tert-OH is 1. The highest BCUT2D eigenvalue weighted by atomic mass is 32.2. The number of nitrogens with zero attached hydrogens (tertiary/aromatic N) is 2. The molecule has 2 aliphatic rings. The first-order valence-corrected chi connectivity index (χ1v) is 8.98. The molecule has 6 heteroatoms. The van der Waals surface area contributed by atoms with Gasteiger partial charge in [-0.15, -0.1) is 0 Å². The zero-order chi connectivity index (χ0) is 15.2. The summed E-state index contributed by atoms with van der Waals surface area (Å²) in [5.74, 6) is 0.550. The lowest BCUT2D eigenvalue weighted by Crippen LogP contribution is -2.55. The van der Waals surface area contributed by atoms with Crippen molar-refractivity contribution in [2.24, 2.45) is 11.8 Å². The van der Waals surface area contributed by atoms with E-state index in [4.69, 9.17) is 0 Å². The van der Waals surface area contributed by atoms with Gasteiger partial charge in [0.2, 0.25) is 10.0 Å². The number of aliphatic hydroxyl groups is 1. The third kappa shape index (κ3) is 2.39.